The second-order valence-corrected chi connectivity index (χ2v) is 5.70. The maximum atomic E-state index is 13.8. The second-order valence-electron chi connectivity index (χ2n) is 5.70. The monoisotopic (exact) mass is 250 g/mol. The Morgan fingerprint density at radius 2 is 1.94 bits per heavy atom. The van der Waals surface area contributed by atoms with Crippen molar-refractivity contribution in [3.8, 4) is 0 Å². The molecule has 2 saturated carbocycles. The van der Waals surface area contributed by atoms with Crippen molar-refractivity contribution in [3.63, 3.8) is 0 Å². The summed E-state index contributed by atoms with van der Waals surface area (Å²) < 4.78 is 27.3. The van der Waals surface area contributed by atoms with E-state index in [1.807, 2.05) is 0 Å². The smallest absolute Gasteiger partial charge is 0.169 e. The topological polar surface area (TPSA) is 17.1 Å². The highest BCUT2D eigenvalue weighted by Crippen LogP contribution is 2.49. The van der Waals surface area contributed by atoms with E-state index < -0.39 is 11.6 Å². The Morgan fingerprint density at radius 3 is 2.56 bits per heavy atom. The molecule has 1 nitrogen and oxygen atoms in total. The van der Waals surface area contributed by atoms with Crippen LogP contribution in [0.25, 0.3) is 0 Å². The van der Waals surface area contributed by atoms with Crippen LogP contribution in [-0.4, -0.2) is 5.78 Å². The van der Waals surface area contributed by atoms with Crippen molar-refractivity contribution in [1.29, 1.82) is 0 Å². The van der Waals surface area contributed by atoms with E-state index >= 15 is 0 Å². The zero-order valence-corrected chi connectivity index (χ0v) is 10.4. The van der Waals surface area contributed by atoms with Crippen molar-refractivity contribution in [2.24, 2.45) is 17.8 Å². The molecule has 2 aliphatic rings. The Balaban J connectivity index is 1.91. The van der Waals surface area contributed by atoms with Gasteiger partial charge in [-0.1, -0.05) is 12.5 Å². The molecule has 0 saturated heterocycles. The van der Waals surface area contributed by atoms with Crippen LogP contribution < -0.4 is 0 Å². The number of benzene rings is 1. The fourth-order valence-electron chi connectivity index (χ4n) is 3.60. The standard InChI is InChI=1S/C15H16F2O/c1-8-2-5-11(14(17)13(8)16)15(18)12-7-9-3-4-10(12)6-9/h2,5,9-10,12H,3-4,6-7H2,1H3. The first kappa shape index (κ1) is 11.8. The molecule has 0 heterocycles. The predicted octanol–water partition coefficient (Wildman–Crippen LogP) is 3.89. The fourth-order valence-corrected chi connectivity index (χ4v) is 3.60. The van der Waals surface area contributed by atoms with Gasteiger partial charge in [0, 0.05) is 5.92 Å². The molecule has 3 rings (SSSR count). The number of fused-ring (bicyclic) bond motifs is 2. The molecule has 0 N–H and O–H groups in total. The summed E-state index contributed by atoms with van der Waals surface area (Å²) in [7, 11) is 0. The van der Waals surface area contributed by atoms with Crippen molar-refractivity contribution >= 4 is 5.78 Å². The summed E-state index contributed by atoms with van der Waals surface area (Å²) in [6, 6.07) is 2.92. The van der Waals surface area contributed by atoms with Crippen molar-refractivity contribution in [2.45, 2.75) is 32.6 Å². The van der Waals surface area contributed by atoms with Gasteiger partial charge in [-0.25, -0.2) is 8.78 Å². The number of hydrogen-bond acceptors (Lipinski definition) is 1. The first-order valence-electron chi connectivity index (χ1n) is 6.56. The third kappa shape index (κ3) is 1.68. The van der Waals surface area contributed by atoms with Crippen LogP contribution in [0.5, 0.6) is 0 Å². The number of carbonyl (C=O) groups excluding carboxylic acids is 1. The van der Waals surface area contributed by atoms with Gasteiger partial charge in [0.25, 0.3) is 0 Å². The van der Waals surface area contributed by atoms with Crippen molar-refractivity contribution in [2.75, 3.05) is 0 Å². The second kappa shape index (κ2) is 4.15. The van der Waals surface area contributed by atoms with E-state index in [4.69, 9.17) is 0 Å². The van der Waals surface area contributed by atoms with Crippen LogP contribution in [0.1, 0.15) is 41.6 Å². The lowest BCUT2D eigenvalue weighted by atomic mass is 9.83. The minimum atomic E-state index is -0.970. The van der Waals surface area contributed by atoms with Gasteiger partial charge in [-0.3, -0.25) is 4.79 Å². The quantitative estimate of drug-likeness (QED) is 0.728. The van der Waals surface area contributed by atoms with E-state index in [1.54, 1.807) is 0 Å². The van der Waals surface area contributed by atoms with Gasteiger partial charge in [0.15, 0.2) is 17.4 Å². The van der Waals surface area contributed by atoms with E-state index in [0.717, 1.165) is 19.3 Å². The predicted molar refractivity (Wildman–Crippen MR) is 64.4 cm³/mol. The highest BCUT2D eigenvalue weighted by molar-refractivity contribution is 5.98. The minimum absolute atomic E-state index is 0.0596. The average Bonchev–Trinajstić information content (AvgIpc) is 2.97. The zero-order chi connectivity index (χ0) is 12.9. The number of ketones is 1. The number of Topliss-reactive ketones (excluding diaryl/α,β-unsaturated/α-hetero) is 1. The summed E-state index contributed by atoms with van der Waals surface area (Å²) in [6.45, 7) is 1.50. The summed E-state index contributed by atoms with van der Waals surface area (Å²) in [4.78, 5) is 12.3. The van der Waals surface area contributed by atoms with E-state index in [2.05, 4.69) is 0 Å². The Kier molecular flexibility index (Phi) is 2.72. The normalized spacial score (nSPS) is 29.8. The van der Waals surface area contributed by atoms with Gasteiger partial charge >= 0.3 is 0 Å². The summed E-state index contributed by atoms with van der Waals surface area (Å²) in [5.74, 6) is -1.11. The van der Waals surface area contributed by atoms with Crippen LogP contribution >= 0.6 is 0 Å². The van der Waals surface area contributed by atoms with E-state index in [-0.39, 0.29) is 22.8 Å². The molecule has 18 heavy (non-hydrogen) atoms. The van der Waals surface area contributed by atoms with E-state index in [9.17, 15) is 13.6 Å². The van der Waals surface area contributed by atoms with Crippen molar-refractivity contribution in [3.05, 3.63) is 34.9 Å². The first-order chi connectivity index (χ1) is 8.58. The van der Waals surface area contributed by atoms with Gasteiger partial charge < -0.3 is 0 Å². The van der Waals surface area contributed by atoms with Crippen molar-refractivity contribution in [1.82, 2.24) is 0 Å². The molecule has 2 bridgehead atoms. The number of halogens is 2. The SMILES string of the molecule is Cc1ccc(C(=O)C2CC3CCC2C3)c(F)c1F. The molecule has 0 aliphatic heterocycles. The summed E-state index contributed by atoms with van der Waals surface area (Å²) in [6.07, 6.45) is 4.21. The van der Waals surface area contributed by atoms with Gasteiger partial charge in [-0.15, -0.1) is 0 Å². The Labute approximate surface area is 105 Å². The highest BCUT2D eigenvalue weighted by Gasteiger charge is 2.43. The summed E-state index contributed by atoms with van der Waals surface area (Å²) in [5.41, 5.74) is 0.188. The Morgan fingerprint density at radius 1 is 1.17 bits per heavy atom. The van der Waals surface area contributed by atoms with Crippen LogP contribution in [0.4, 0.5) is 8.78 Å². The molecule has 1 aromatic rings. The van der Waals surface area contributed by atoms with Crippen LogP contribution in [-0.2, 0) is 0 Å². The molecule has 0 spiro atoms. The maximum Gasteiger partial charge on any atom is 0.169 e. The molecule has 96 valence electrons. The van der Waals surface area contributed by atoms with E-state index in [0.29, 0.717) is 11.8 Å². The third-order valence-electron chi connectivity index (χ3n) is 4.62. The van der Waals surface area contributed by atoms with Crippen LogP contribution in [0.15, 0.2) is 12.1 Å². The Hall–Kier alpha value is -1.25. The van der Waals surface area contributed by atoms with Gasteiger partial charge in [0.05, 0.1) is 5.56 Å². The maximum absolute atomic E-state index is 13.8. The molecule has 0 amide bonds. The van der Waals surface area contributed by atoms with Crippen LogP contribution in [0.2, 0.25) is 0 Å². The lowest BCUT2D eigenvalue weighted by Gasteiger charge is -2.20. The lowest BCUT2D eigenvalue weighted by molar-refractivity contribution is 0.0869. The number of hydrogen-bond donors (Lipinski definition) is 0. The summed E-state index contributed by atoms with van der Waals surface area (Å²) in [5, 5.41) is 0. The van der Waals surface area contributed by atoms with Gasteiger partial charge in [-0.2, -0.15) is 0 Å². The van der Waals surface area contributed by atoms with Gasteiger partial charge in [0.1, 0.15) is 0 Å². The minimum Gasteiger partial charge on any atom is -0.294 e. The molecule has 2 fully saturated rings. The molecule has 3 atom stereocenters. The molecule has 3 heteroatoms. The molecular formula is C15H16F2O. The molecule has 2 aliphatic carbocycles. The number of rotatable bonds is 2. The largest absolute Gasteiger partial charge is 0.294 e. The van der Waals surface area contributed by atoms with Gasteiger partial charge in [-0.05, 0) is 49.7 Å². The van der Waals surface area contributed by atoms with Crippen molar-refractivity contribution < 1.29 is 13.6 Å². The van der Waals surface area contributed by atoms with Crippen LogP contribution in [0, 0.1) is 36.3 Å². The summed E-state index contributed by atoms with van der Waals surface area (Å²) >= 11 is 0. The first-order valence-corrected chi connectivity index (χ1v) is 6.56. The number of aryl methyl sites for hydroxylation is 1. The van der Waals surface area contributed by atoms with Crippen LogP contribution in [0.3, 0.4) is 0 Å². The average molecular weight is 250 g/mol. The zero-order valence-electron chi connectivity index (χ0n) is 10.4. The number of carbonyl (C=O) groups is 1. The molecular weight excluding hydrogens is 234 g/mol. The third-order valence-corrected chi connectivity index (χ3v) is 4.62. The fraction of sp³-hybridized carbons (Fsp3) is 0.533. The molecule has 0 radical (unpaired) electrons. The van der Waals surface area contributed by atoms with Gasteiger partial charge in [0.2, 0.25) is 0 Å². The van der Waals surface area contributed by atoms with E-state index in [1.165, 1.54) is 25.5 Å². The molecule has 0 aromatic heterocycles. The molecule has 3 unspecified atom stereocenters. The lowest BCUT2D eigenvalue weighted by Crippen LogP contribution is -2.22. The molecule has 1 aromatic carbocycles. The highest BCUT2D eigenvalue weighted by atomic mass is 19.2. The Bertz CT molecular complexity index is 509.